The second-order valence-corrected chi connectivity index (χ2v) is 4.04. The fourth-order valence-electron chi connectivity index (χ4n) is 1.54. The Bertz CT molecular complexity index is 559. The Kier molecular flexibility index (Phi) is 3.78. The summed E-state index contributed by atoms with van der Waals surface area (Å²) in [5.41, 5.74) is 7.02. The number of hydrogen-bond donors (Lipinski definition) is 2. The van der Waals surface area contributed by atoms with Crippen LogP contribution < -0.4 is 11.1 Å². The van der Waals surface area contributed by atoms with E-state index < -0.39 is 5.82 Å². The van der Waals surface area contributed by atoms with Crippen LogP contribution in [-0.4, -0.2) is 15.2 Å². The molecule has 0 unspecified atom stereocenters. The first kappa shape index (κ1) is 12.4. The summed E-state index contributed by atoms with van der Waals surface area (Å²) in [5.74, 6) is -0.438. The molecule has 0 bridgehead atoms. The zero-order valence-corrected chi connectivity index (χ0v) is 10.2. The van der Waals surface area contributed by atoms with Crippen LogP contribution in [0.4, 0.5) is 10.1 Å². The van der Waals surface area contributed by atoms with Crippen molar-refractivity contribution >= 4 is 22.9 Å². The van der Waals surface area contributed by atoms with Crippen molar-refractivity contribution in [3.63, 3.8) is 0 Å². The SMILES string of the molecule is NC(=S)c1c(F)cccc1NCc1cccnn1. The molecule has 0 spiro atoms. The van der Waals surface area contributed by atoms with E-state index in [0.717, 1.165) is 5.69 Å². The zero-order chi connectivity index (χ0) is 13.0. The average molecular weight is 262 g/mol. The van der Waals surface area contributed by atoms with E-state index in [2.05, 4.69) is 15.5 Å². The summed E-state index contributed by atoms with van der Waals surface area (Å²) >= 11 is 4.84. The Morgan fingerprint density at radius 1 is 1.33 bits per heavy atom. The molecular weight excluding hydrogens is 251 g/mol. The molecule has 0 saturated carbocycles. The lowest BCUT2D eigenvalue weighted by molar-refractivity contribution is 0.626. The van der Waals surface area contributed by atoms with Crippen molar-refractivity contribution in [1.82, 2.24) is 10.2 Å². The lowest BCUT2D eigenvalue weighted by Gasteiger charge is -2.11. The Labute approximate surface area is 109 Å². The molecule has 1 heterocycles. The molecule has 18 heavy (non-hydrogen) atoms. The second kappa shape index (κ2) is 5.50. The minimum absolute atomic E-state index is 0.0229. The van der Waals surface area contributed by atoms with Crippen molar-refractivity contribution in [3.8, 4) is 0 Å². The van der Waals surface area contributed by atoms with Gasteiger partial charge in [0.25, 0.3) is 0 Å². The van der Waals surface area contributed by atoms with Crippen LogP contribution in [0.15, 0.2) is 36.5 Å². The molecule has 0 aliphatic carbocycles. The van der Waals surface area contributed by atoms with Crippen LogP contribution in [0.2, 0.25) is 0 Å². The van der Waals surface area contributed by atoms with Gasteiger partial charge in [-0.1, -0.05) is 18.3 Å². The highest BCUT2D eigenvalue weighted by Gasteiger charge is 2.10. The van der Waals surface area contributed by atoms with Crippen molar-refractivity contribution in [2.45, 2.75) is 6.54 Å². The van der Waals surface area contributed by atoms with Gasteiger partial charge in [0, 0.05) is 11.9 Å². The van der Waals surface area contributed by atoms with Crippen molar-refractivity contribution in [1.29, 1.82) is 0 Å². The van der Waals surface area contributed by atoms with E-state index in [-0.39, 0.29) is 10.6 Å². The van der Waals surface area contributed by atoms with Gasteiger partial charge in [0.2, 0.25) is 0 Å². The largest absolute Gasteiger partial charge is 0.389 e. The number of anilines is 1. The van der Waals surface area contributed by atoms with Gasteiger partial charge in [-0.3, -0.25) is 0 Å². The fraction of sp³-hybridized carbons (Fsp3) is 0.0833. The quantitative estimate of drug-likeness (QED) is 0.823. The first-order chi connectivity index (χ1) is 8.68. The normalized spacial score (nSPS) is 10.1. The Morgan fingerprint density at radius 2 is 2.17 bits per heavy atom. The molecule has 92 valence electrons. The Morgan fingerprint density at radius 3 is 2.83 bits per heavy atom. The molecule has 0 amide bonds. The molecule has 0 atom stereocenters. The van der Waals surface area contributed by atoms with E-state index in [4.69, 9.17) is 18.0 Å². The molecular formula is C12H11FN4S. The van der Waals surface area contributed by atoms with E-state index in [1.54, 1.807) is 24.4 Å². The van der Waals surface area contributed by atoms with E-state index in [0.29, 0.717) is 12.2 Å². The molecule has 6 heteroatoms. The molecule has 2 aromatic rings. The first-order valence-electron chi connectivity index (χ1n) is 5.27. The second-order valence-electron chi connectivity index (χ2n) is 3.60. The number of thiocarbonyl (C=S) groups is 1. The minimum Gasteiger partial charge on any atom is -0.389 e. The van der Waals surface area contributed by atoms with E-state index >= 15 is 0 Å². The maximum atomic E-state index is 13.6. The van der Waals surface area contributed by atoms with Crippen molar-refractivity contribution in [3.05, 3.63) is 53.6 Å². The summed E-state index contributed by atoms with van der Waals surface area (Å²) in [5, 5.41) is 10.7. The summed E-state index contributed by atoms with van der Waals surface area (Å²) in [6.07, 6.45) is 1.59. The van der Waals surface area contributed by atoms with Crippen LogP contribution >= 0.6 is 12.2 Å². The zero-order valence-electron chi connectivity index (χ0n) is 9.43. The summed E-state index contributed by atoms with van der Waals surface area (Å²) in [4.78, 5) is 0.0229. The van der Waals surface area contributed by atoms with Gasteiger partial charge < -0.3 is 11.1 Å². The van der Waals surface area contributed by atoms with Gasteiger partial charge in [-0.25, -0.2) is 4.39 Å². The third kappa shape index (κ3) is 2.78. The van der Waals surface area contributed by atoms with Crippen LogP contribution in [0.25, 0.3) is 0 Å². The van der Waals surface area contributed by atoms with Gasteiger partial charge in [0.1, 0.15) is 10.8 Å². The third-order valence-corrected chi connectivity index (χ3v) is 2.55. The van der Waals surface area contributed by atoms with Gasteiger partial charge in [0.15, 0.2) is 0 Å². The Balaban J connectivity index is 2.20. The van der Waals surface area contributed by atoms with Crippen LogP contribution in [0.5, 0.6) is 0 Å². The molecule has 0 radical (unpaired) electrons. The lowest BCUT2D eigenvalue weighted by atomic mass is 10.1. The molecule has 0 fully saturated rings. The maximum absolute atomic E-state index is 13.6. The highest BCUT2D eigenvalue weighted by Crippen LogP contribution is 2.19. The first-order valence-corrected chi connectivity index (χ1v) is 5.68. The lowest BCUT2D eigenvalue weighted by Crippen LogP contribution is -2.15. The summed E-state index contributed by atoms with van der Waals surface area (Å²) < 4.78 is 13.6. The van der Waals surface area contributed by atoms with Gasteiger partial charge in [-0.15, -0.1) is 0 Å². The van der Waals surface area contributed by atoms with Gasteiger partial charge in [-0.2, -0.15) is 10.2 Å². The summed E-state index contributed by atoms with van der Waals surface area (Å²) in [6, 6.07) is 8.23. The number of benzene rings is 1. The van der Waals surface area contributed by atoms with E-state index in [9.17, 15) is 4.39 Å². The number of rotatable bonds is 4. The van der Waals surface area contributed by atoms with Crippen molar-refractivity contribution in [2.75, 3.05) is 5.32 Å². The highest BCUT2D eigenvalue weighted by molar-refractivity contribution is 7.80. The van der Waals surface area contributed by atoms with E-state index in [1.165, 1.54) is 6.07 Å². The number of nitrogens with one attached hydrogen (secondary N) is 1. The molecule has 0 saturated heterocycles. The van der Waals surface area contributed by atoms with Crippen LogP contribution in [0, 0.1) is 5.82 Å². The summed E-state index contributed by atoms with van der Waals surface area (Å²) in [7, 11) is 0. The maximum Gasteiger partial charge on any atom is 0.135 e. The molecule has 1 aromatic heterocycles. The Hall–Kier alpha value is -2.08. The minimum atomic E-state index is -0.438. The monoisotopic (exact) mass is 262 g/mol. The van der Waals surface area contributed by atoms with Gasteiger partial charge >= 0.3 is 0 Å². The van der Waals surface area contributed by atoms with Crippen molar-refractivity contribution < 1.29 is 4.39 Å². The predicted molar refractivity (Wildman–Crippen MR) is 71.6 cm³/mol. The number of nitrogens with two attached hydrogens (primary N) is 1. The number of halogens is 1. The molecule has 0 aliphatic heterocycles. The molecule has 1 aromatic carbocycles. The van der Waals surface area contributed by atoms with Gasteiger partial charge in [0.05, 0.1) is 17.8 Å². The fourth-order valence-corrected chi connectivity index (χ4v) is 1.74. The summed E-state index contributed by atoms with van der Waals surface area (Å²) in [6.45, 7) is 0.424. The molecule has 3 N–H and O–H groups in total. The van der Waals surface area contributed by atoms with Crippen LogP contribution in [0.1, 0.15) is 11.3 Å². The average Bonchev–Trinajstić information content (AvgIpc) is 2.37. The topological polar surface area (TPSA) is 63.8 Å². The van der Waals surface area contributed by atoms with Gasteiger partial charge in [-0.05, 0) is 24.3 Å². The highest BCUT2D eigenvalue weighted by atomic mass is 32.1. The molecule has 4 nitrogen and oxygen atoms in total. The molecule has 0 aliphatic rings. The number of nitrogens with zero attached hydrogens (tertiary/aromatic N) is 2. The number of hydrogen-bond acceptors (Lipinski definition) is 4. The number of aromatic nitrogens is 2. The van der Waals surface area contributed by atoms with Crippen molar-refractivity contribution in [2.24, 2.45) is 5.73 Å². The van der Waals surface area contributed by atoms with E-state index in [1.807, 2.05) is 6.07 Å². The third-order valence-electron chi connectivity index (χ3n) is 2.35. The standard InChI is InChI=1S/C12H11FN4S/c13-9-4-1-5-10(11(9)12(14)18)15-7-8-3-2-6-16-17-8/h1-6,15H,7H2,(H2,14,18). The predicted octanol–water partition coefficient (Wildman–Crippen LogP) is 1.86. The molecule has 2 rings (SSSR count). The smallest absolute Gasteiger partial charge is 0.135 e. The van der Waals surface area contributed by atoms with Crippen LogP contribution in [0.3, 0.4) is 0 Å². The van der Waals surface area contributed by atoms with Crippen LogP contribution in [-0.2, 0) is 6.54 Å².